The highest BCUT2D eigenvalue weighted by Crippen LogP contribution is 2.17. The lowest BCUT2D eigenvalue weighted by Gasteiger charge is -2.08. The molecule has 0 saturated heterocycles. The summed E-state index contributed by atoms with van der Waals surface area (Å²) in [5, 5.41) is 0. The number of carbonyl (C=O) groups is 2. The minimum Gasteiger partial charge on any atom is -1.00 e. The molecule has 6 nitrogen and oxygen atoms in total. The zero-order valence-electron chi connectivity index (χ0n) is 14.9. The van der Waals surface area contributed by atoms with Crippen LogP contribution in [-0.4, -0.2) is 50.1 Å². The highest BCUT2D eigenvalue weighted by atomic mass is 35.5. The molecule has 0 saturated carbocycles. The van der Waals surface area contributed by atoms with Crippen molar-refractivity contribution in [1.82, 2.24) is 9.80 Å². The van der Waals surface area contributed by atoms with Gasteiger partial charge in [0.2, 0.25) is 0 Å². The van der Waals surface area contributed by atoms with Gasteiger partial charge >= 0.3 is 12.1 Å². The van der Waals surface area contributed by atoms with Crippen LogP contribution < -0.4 is 33.9 Å². The molecule has 2 amide bonds. The Balaban J connectivity index is 0.00000288. The zero-order valence-corrected chi connectivity index (χ0v) is 16.4. The van der Waals surface area contributed by atoms with Gasteiger partial charge in [0.25, 0.3) is 0 Å². The van der Waals surface area contributed by atoms with Crippen molar-refractivity contribution in [3.63, 3.8) is 0 Å². The maximum Gasteiger partial charge on any atom is 0.497 e. The molecule has 0 fully saturated rings. The summed E-state index contributed by atoms with van der Waals surface area (Å²) in [6, 6.07) is 7.42. The normalized spacial score (nSPS) is 9.48. The zero-order chi connectivity index (χ0) is 17.1. The lowest BCUT2D eigenvalue weighted by molar-refractivity contribution is -0.584. The number of amides is 2. The topological polar surface area (TPSA) is 48.4 Å². The van der Waals surface area contributed by atoms with Gasteiger partial charge in [0.05, 0.1) is 40.6 Å². The van der Waals surface area contributed by atoms with Crippen LogP contribution in [0.5, 0.6) is 0 Å². The van der Waals surface area contributed by atoms with Gasteiger partial charge in [-0.25, -0.2) is 9.80 Å². The Kier molecular flexibility index (Phi) is 8.53. The number of halogens is 2. The van der Waals surface area contributed by atoms with Gasteiger partial charge < -0.3 is 24.8 Å². The van der Waals surface area contributed by atoms with Crippen molar-refractivity contribution in [3.8, 4) is 11.1 Å². The van der Waals surface area contributed by atoms with Crippen LogP contribution in [-0.2, 0) is 0 Å². The average Bonchev–Trinajstić information content (AvgIpc) is 2.53. The second-order valence-electron chi connectivity index (χ2n) is 5.77. The molecule has 0 N–H and O–H groups in total. The minimum absolute atomic E-state index is 0. The fourth-order valence-electron chi connectivity index (χ4n) is 2.20. The largest absolute Gasteiger partial charge is 1.00 e. The van der Waals surface area contributed by atoms with E-state index in [4.69, 9.17) is 0 Å². The molecule has 0 bridgehead atoms. The van der Waals surface area contributed by atoms with Gasteiger partial charge in [-0.15, -0.1) is 0 Å². The Morgan fingerprint density at radius 1 is 0.800 bits per heavy atom. The van der Waals surface area contributed by atoms with Crippen LogP contribution in [0, 0.1) is 6.92 Å². The number of rotatable bonds is 1. The van der Waals surface area contributed by atoms with E-state index in [2.05, 4.69) is 0 Å². The molecule has 0 unspecified atom stereocenters. The van der Waals surface area contributed by atoms with E-state index in [9.17, 15) is 9.59 Å². The molecular formula is C17H22Cl2N4O2. The molecule has 0 aliphatic rings. The lowest BCUT2D eigenvalue weighted by Crippen LogP contribution is -3.00. The van der Waals surface area contributed by atoms with Gasteiger partial charge in [0, 0.05) is 0 Å². The maximum absolute atomic E-state index is 12.0. The third-order valence-corrected chi connectivity index (χ3v) is 3.50. The van der Waals surface area contributed by atoms with Crippen molar-refractivity contribution in [3.05, 3.63) is 48.5 Å². The van der Waals surface area contributed by atoms with Gasteiger partial charge in [-0.2, -0.15) is 18.7 Å². The minimum atomic E-state index is -0.102. The van der Waals surface area contributed by atoms with Crippen LogP contribution in [0.3, 0.4) is 0 Å². The van der Waals surface area contributed by atoms with Crippen molar-refractivity contribution in [2.45, 2.75) is 6.92 Å². The standard InChI is InChI=1S/C17H22N4O2.2ClH/c1-13-12-15(8-11-21(13)17(23)19(4)5)14-6-9-20(10-7-14)16(22)18(2)3;;/h6-12H,1-5H3;2*1H/q+2;;/p-2. The fraction of sp³-hybridized carbons (Fsp3) is 0.294. The van der Waals surface area contributed by atoms with Crippen molar-refractivity contribution in [2.75, 3.05) is 28.2 Å². The molecule has 0 aromatic carbocycles. The van der Waals surface area contributed by atoms with Crippen LogP contribution >= 0.6 is 0 Å². The Morgan fingerprint density at radius 3 is 1.72 bits per heavy atom. The second-order valence-corrected chi connectivity index (χ2v) is 5.77. The van der Waals surface area contributed by atoms with Crippen molar-refractivity contribution >= 4 is 12.1 Å². The molecule has 0 radical (unpaired) electrons. The first-order valence-corrected chi connectivity index (χ1v) is 7.28. The first-order chi connectivity index (χ1) is 10.8. The molecule has 0 spiro atoms. The molecule has 0 aliphatic carbocycles. The molecule has 2 aromatic rings. The van der Waals surface area contributed by atoms with E-state index < -0.39 is 0 Å². The molecular weight excluding hydrogens is 363 g/mol. The smallest absolute Gasteiger partial charge is 0.497 e. The quantitative estimate of drug-likeness (QED) is 0.464. The Morgan fingerprint density at radius 2 is 1.28 bits per heavy atom. The summed E-state index contributed by atoms with van der Waals surface area (Å²) < 4.78 is 3.12. The summed E-state index contributed by atoms with van der Waals surface area (Å²) in [5.74, 6) is 0. The van der Waals surface area contributed by atoms with E-state index in [1.165, 1.54) is 14.4 Å². The summed E-state index contributed by atoms with van der Waals surface area (Å²) in [5.41, 5.74) is 2.83. The summed E-state index contributed by atoms with van der Waals surface area (Å²) in [4.78, 5) is 27.0. The summed E-state index contributed by atoms with van der Waals surface area (Å²) >= 11 is 0. The van der Waals surface area contributed by atoms with Gasteiger partial charge in [0.15, 0.2) is 0 Å². The molecule has 0 atom stereocenters. The van der Waals surface area contributed by atoms with Gasteiger partial charge in [-0.3, -0.25) is 0 Å². The van der Waals surface area contributed by atoms with Gasteiger partial charge in [0.1, 0.15) is 11.9 Å². The summed E-state index contributed by atoms with van der Waals surface area (Å²) in [6.45, 7) is 1.89. The Bertz CT molecular complexity index is 747. The van der Waals surface area contributed by atoms with Crippen LogP contribution in [0.4, 0.5) is 9.59 Å². The van der Waals surface area contributed by atoms with Crippen molar-refractivity contribution < 1.29 is 43.5 Å². The van der Waals surface area contributed by atoms with Crippen LogP contribution in [0.1, 0.15) is 5.69 Å². The van der Waals surface area contributed by atoms with Crippen molar-refractivity contribution in [2.24, 2.45) is 0 Å². The first-order valence-electron chi connectivity index (χ1n) is 7.28. The third-order valence-electron chi connectivity index (χ3n) is 3.50. The fourth-order valence-corrected chi connectivity index (χ4v) is 2.20. The SMILES string of the molecule is Cc1cc(-c2cc[n+](C(=O)N(C)C)cc2)cc[n+]1C(=O)N(C)C.[Cl-].[Cl-]. The number of pyridine rings is 2. The number of carbonyl (C=O) groups excluding carboxylic acids is 2. The molecule has 136 valence electrons. The third kappa shape index (κ3) is 5.14. The molecule has 25 heavy (non-hydrogen) atoms. The van der Waals surface area contributed by atoms with E-state index in [0.717, 1.165) is 16.8 Å². The second kappa shape index (κ2) is 9.34. The van der Waals surface area contributed by atoms with E-state index in [0.29, 0.717) is 0 Å². The lowest BCUT2D eigenvalue weighted by atomic mass is 10.1. The first kappa shape index (κ1) is 22.8. The van der Waals surface area contributed by atoms with Crippen molar-refractivity contribution in [1.29, 1.82) is 0 Å². The van der Waals surface area contributed by atoms with Crippen LogP contribution in [0.15, 0.2) is 42.9 Å². The van der Waals surface area contributed by atoms with E-state index in [1.807, 2.05) is 31.2 Å². The highest BCUT2D eigenvalue weighted by Gasteiger charge is 2.19. The molecule has 2 rings (SSSR count). The summed E-state index contributed by atoms with van der Waals surface area (Å²) in [6.07, 6.45) is 5.23. The summed E-state index contributed by atoms with van der Waals surface area (Å²) in [7, 11) is 6.87. The predicted octanol–water partition coefficient (Wildman–Crippen LogP) is -4.70. The van der Waals surface area contributed by atoms with E-state index >= 15 is 0 Å². The molecule has 8 heteroatoms. The highest BCUT2D eigenvalue weighted by molar-refractivity contribution is 5.67. The van der Waals surface area contributed by atoms with Gasteiger partial charge in [-0.05, 0) is 42.3 Å². The van der Waals surface area contributed by atoms with Crippen LogP contribution in [0.25, 0.3) is 11.1 Å². The van der Waals surface area contributed by atoms with E-state index in [-0.39, 0.29) is 36.9 Å². The predicted molar refractivity (Wildman–Crippen MR) is 86.0 cm³/mol. The molecule has 0 aliphatic heterocycles. The maximum atomic E-state index is 12.0. The monoisotopic (exact) mass is 384 g/mol. The Hall–Kier alpha value is -2.18. The van der Waals surface area contributed by atoms with Gasteiger partial charge in [-0.1, -0.05) is 0 Å². The number of hydrogen-bond acceptors (Lipinski definition) is 2. The molecule has 2 aromatic heterocycles. The number of aromatic nitrogens is 2. The number of hydrogen-bond donors (Lipinski definition) is 0. The number of nitrogens with zero attached hydrogens (tertiary/aromatic N) is 4. The van der Waals surface area contributed by atoms with Crippen LogP contribution in [0.2, 0.25) is 0 Å². The Labute approximate surface area is 160 Å². The van der Waals surface area contributed by atoms with E-state index in [1.54, 1.807) is 51.3 Å². The molecule has 2 heterocycles. The average molecular weight is 385 g/mol. The number of aryl methyl sites for hydroxylation is 1.